The highest BCUT2D eigenvalue weighted by atomic mass is 16.5. The molecule has 7 nitrogen and oxygen atoms in total. The van der Waals surface area contributed by atoms with E-state index in [9.17, 15) is 14.9 Å². The maximum atomic E-state index is 12.6. The first-order valence-corrected chi connectivity index (χ1v) is 9.20. The Kier molecular flexibility index (Phi) is 4.92. The van der Waals surface area contributed by atoms with E-state index in [4.69, 9.17) is 9.47 Å². The van der Waals surface area contributed by atoms with E-state index in [0.717, 1.165) is 5.52 Å². The molecular formula is C22H19N3O4. The van der Waals surface area contributed by atoms with Gasteiger partial charge in [0.25, 0.3) is 0 Å². The van der Waals surface area contributed by atoms with Gasteiger partial charge in [-0.2, -0.15) is 5.26 Å². The van der Waals surface area contributed by atoms with E-state index in [2.05, 4.69) is 6.07 Å². The van der Waals surface area contributed by atoms with Crippen LogP contribution in [0.5, 0.6) is 5.75 Å². The van der Waals surface area contributed by atoms with Crippen LogP contribution < -0.4 is 9.64 Å². The topological polar surface area (TPSA) is 84.0 Å². The number of fused-ring (bicyclic) bond motifs is 1. The summed E-state index contributed by atoms with van der Waals surface area (Å²) < 4.78 is 12.5. The Labute approximate surface area is 167 Å². The van der Waals surface area contributed by atoms with Gasteiger partial charge in [0, 0.05) is 42.7 Å². The highest BCUT2D eigenvalue weighted by Crippen LogP contribution is 2.29. The van der Waals surface area contributed by atoms with Crippen LogP contribution in [0.25, 0.3) is 5.52 Å². The minimum atomic E-state index is -0.545. The van der Waals surface area contributed by atoms with E-state index >= 15 is 0 Å². The second-order valence-corrected chi connectivity index (χ2v) is 6.85. The van der Waals surface area contributed by atoms with E-state index < -0.39 is 11.9 Å². The van der Waals surface area contributed by atoms with Crippen molar-refractivity contribution in [1.82, 2.24) is 4.40 Å². The van der Waals surface area contributed by atoms with Crippen molar-refractivity contribution in [3.8, 4) is 11.8 Å². The molecular weight excluding hydrogens is 370 g/mol. The van der Waals surface area contributed by atoms with Crippen LogP contribution in [0.1, 0.15) is 17.5 Å². The second-order valence-electron chi connectivity index (χ2n) is 6.85. The average Bonchev–Trinajstić information content (AvgIpc) is 3.32. The first-order valence-electron chi connectivity index (χ1n) is 9.20. The number of carbonyl (C=O) groups excluding carboxylic acids is 2. The molecule has 0 N–H and O–H groups in total. The van der Waals surface area contributed by atoms with Gasteiger partial charge in [-0.25, -0.2) is 0 Å². The summed E-state index contributed by atoms with van der Waals surface area (Å²) in [7, 11) is 1.56. The fraction of sp³-hybridized carbons (Fsp3) is 0.227. The third kappa shape index (κ3) is 3.52. The number of amides is 1. The van der Waals surface area contributed by atoms with E-state index in [-0.39, 0.29) is 25.5 Å². The molecule has 3 aromatic rings. The van der Waals surface area contributed by atoms with Gasteiger partial charge in [-0.1, -0.05) is 12.1 Å². The molecule has 4 rings (SSSR count). The van der Waals surface area contributed by atoms with Crippen molar-refractivity contribution >= 4 is 23.1 Å². The third-order valence-electron chi connectivity index (χ3n) is 5.07. The zero-order chi connectivity index (χ0) is 20.4. The van der Waals surface area contributed by atoms with Gasteiger partial charge in [-0.15, -0.1) is 0 Å². The molecule has 1 aliphatic rings. The van der Waals surface area contributed by atoms with Crippen molar-refractivity contribution < 1.29 is 19.1 Å². The van der Waals surface area contributed by atoms with Crippen molar-refractivity contribution in [1.29, 1.82) is 5.26 Å². The van der Waals surface area contributed by atoms with Gasteiger partial charge < -0.3 is 18.8 Å². The van der Waals surface area contributed by atoms with E-state index in [1.807, 2.05) is 28.8 Å². The summed E-state index contributed by atoms with van der Waals surface area (Å²) in [5.41, 5.74) is 2.58. The number of aromatic nitrogens is 1. The number of ether oxygens (including phenoxy) is 2. The van der Waals surface area contributed by atoms with Crippen LogP contribution in [0.15, 0.2) is 54.9 Å². The minimum absolute atomic E-state index is 0.00669. The smallest absolute Gasteiger partial charge is 0.311 e. The molecule has 1 atom stereocenters. The minimum Gasteiger partial charge on any atom is -0.497 e. The van der Waals surface area contributed by atoms with Crippen LogP contribution in [0.3, 0.4) is 0 Å². The van der Waals surface area contributed by atoms with Crippen molar-refractivity contribution in [2.24, 2.45) is 5.92 Å². The number of anilines is 1. The summed E-state index contributed by atoms with van der Waals surface area (Å²) in [5, 5.41) is 9.45. The molecule has 0 radical (unpaired) electrons. The Hall–Kier alpha value is -3.79. The molecule has 3 heterocycles. The number of pyridine rings is 1. The standard InChI is InChI=1S/C22H19N3O4/c1-28-18-6-4-5-17(10-18)25-13-15(9-21(25)26)22(27)29-14-16-12-24-8-3-2-7-20(24)19(16)11-23/h2-8,10,12,15H,9,13-14H2,1H3. The Morgan fingerprint density at radius 1 is 1.28 bits per heavy atom. The summed E-state index contributed by atoms with van der Waals surface area (Å²) in [4.78, 5) is 26.5. The molecule has 0 bridgehead atoms. The van der Waals surface area contributed by atoms with Gasteiger partial charge in [-0.3, -0.25) is 9.59 Å². The van der Waals surface area contributed by atoms with Crippen LogP contribution in [0, 0.1) is 17.2 Å². The number of nitriles is 1. The van der Waals surface area contributed by atoms with Gasteiger partial charge in [-0.05, 0) is 24.3 Å². The first kappa shape index (κ1) is 18.6. The van der Waals surface area contributed by atoms with Crippen LogP contribution >= 0.6 is 0 Å². The fourth-order valence-electron chi connectivity index (χ4n) is 3.58. The predicted octanol–water partition coefficient (Wildman–Crippen LogP) is 2.92. The van der Waals surface area contributed by atoms with Crippen LogP contribution in [0.4, 0.5) is 5.69 Å². The van der Waals surface area contributed by atoms with Crippen molar-refractivity contribution in [2.75, 3.05) is 18.6 Å². The number of rotatable bonds is 5. The number of esters is 1. The molecule has 1 aromatic carbocycles. The summed E-state index contributed by atoms with van der Waals surface area (Å²) in [6.45, 7) is 0.251. The fourth-order valence-corrected chi connectivity index (χ4v) is 3.58. The maximum absolute atomic E-state index is 12.6. The number of nitrogens with zero attached hydrogens (tertiary/aromatic N) is 3. The lowest BCUT2D eigenvalue weighted by atomic mass is 10.1. The van der Waals surface area contributed by atoms with Crippen molar-refractivity contribution in [3.05, 3.63) is 66.0 Å². The van der Waals surface area contributed by atoms with Gasteiger partial charge in [0.2, 0.25) is 5.91 Å². The molecule has 1 unspecified atom stereocenters. The second kappa shape index (κ2) is 7.68. The molecule has 7 heteroatoms. The van der Waals surface area contributed by atoms with Gasteiger partial charge in [0.1, 0.15) is 18.4 Å². The monoisotopic (exact) mass is 389 g/mol. The number of benzene rings is 1. The van der Waals surface area contributed by atoms with Gasteiger partial charge >= 0.3 is 5.97 Å². The van der Waals surface area contributed by atoms with E-state index in [1.54, 1.807) is 42.5 Å². The zero-order valence-electron chi connectivity index (χ0n) is 15.9. The third-order valence-corrected chi connectivity index (χ3v) is 5.07. The van der Waals surface area contributed by atoms with E-state index in [0.29, 0.717) is 22.6 Å². The number of methoxy groups -OCH3 is 1. The SMILES string of the molecule is COc1cccc(N2CC(C(=O)OCc3cn4ccccc4c3C#N)CC2=O)c1. The number of hydrogen-bond acceptors (Lipinski definition) is 5. The molecule has 2 aromatic heterocycles. The Bertz CT molecular complexity index is 1130. The Morgan fingerprint density at radius 2 is 2.14 bits per heavy atom. The molecule has 0 saturated carbocycles. The molecule has 1 saturated heterocycles. The molecule has 0 spiro atoms. The Balaban J connectivity index is 1.45. The van der Waals surface area contributed by atoms with Crippen LogP contribution in [-0.4, -0.2) is 29.9 Å². The highest BCUT2D eigenvalue weighted by molar-refractivity contribution is 5.99. The lowest BCUT2D eigenvalue weighted by Gasteiger charge is -2.17. The van der Waals surface area contributed by atoms with E-state index in [1.165, 1.54) is 0 Å². The Morgan fingerprint density at radius 3 is 2.93 bits per heavy atom. The summed E-state index contributed by atoms with van der Waals surface area (Å²) in [6, 6.07) is 14.9. The molecule has 1 fully saturated rings. The maximum Gasteiger partial charge on any atom is 0.311 e. The lowest BCUT2D eigenvalue weighted by molar-refractivity contribution is -0.149. The quantitative estimate of drug-likeness (QED) is 0.627. The summed E-state index contributed by atoms with van der Waals surface area (Å²) >= 11 is 0. The average molecular weight is 389 g/mol. The number of carbonyl (C=O) groups is 2. The van der Waals surface area contributed by atoms with Crippen LogP contribution in [0.2, 0.25) is 0 Å². The normalized spacial score (nSPS) is 16.1. The van der Waals surface area contributed by atoms with Gasteiger partial charge in [0.05, 0.1) is 24.1 Å². The van der Waals surface area contributed by atoms with Crippen molar-refractivity contribution in [3.63, 3.8) is 0 Å². The molecule has 0 aliphatic carbocycles. The molecule has 29 heavy (non-hydrogen) atoms. The lowest BCUT2D eigenvalue weighted by Crippen LogP contribution is -2.26. The summed E-state index contributed by atoms with van der Waals surface area (Å²) in [5.74, 6) is -0.474. The molecule has 1 aliphatic heterocycles. The number of hydrogen-bond donors (Lipinski definition) is 0. The van der Waals surface area contributed by atoms with Crippen LogP contribution in [-0.2, 0) is 20.9 Å². The molecule has 146 valence electrons. The molecule has 1 amide bonds. The first-order chi connectivity index (χ1) is 14.1. The highest BCUT2D eigenvalue weighted by Gasteiger charge is 2.36. The largest absolute Gasteiger partial charge is 0.497 e. The predicted molar refractivity (Wildman–Crippen MR) is 105 cm³/mol. The zero-order valence-corrected chi connectivity index (χ0v) is 15.9. The van der Waals surface area contributed by atoms with Gasteiger partial charge in [0.15, 0.2) is 0 Å². The van der Waals surface area contributed by atoms with Crippen molar-refractivity contribution in [2.45, 2.75) is 13.0 Å². The summed E-state index contributed by atoms with van der Waals surface area (Å²) in [6.07, 6.45) is 3.71.